The molecule has 1 unspecified atom stereocenters. The van der Waals surface area contributed by atoms with Crippen LogP contribution in [0.3, 0.4) is 0 Å². The van der Waals surface area contributed by atoms with E-state index in [1.54, 1.807) is 12.1 Å². The van der Waals surface area contributed by atoms with Crippen molar-refractivity contribution in [3.05, 3.63) is 35.4 Å². The molecule has 0 aliphatic carbocycles. The molecule has 9 heteroatoms. The Morgan fingerprint density at radius 1 is 1.32 bits per heavy atom. The molecule has 1 atom stereocenters. The summed E-state index contributed by atoms with van der Waals surface area (Å²) in [5.74, 6) is -3.03. The molecule has 2 rings (SSSR count). The Bertz CT molecular complexity index is 676. The van der Waals surface area contributed by atoms with Gasteiger partial charge in [-0.25, -0.2) is 4.79 Å². The van der Waals surface area contributed by atoms with E-state index in [9.17, 15) is 27.6 Å². The van der Waals surface area contributed by atoms with Crippen molar-refractivity contribution in [2.45, 2.75) is 19.0 Å². The van der Waals surface area contributed by atoms with E-state index in [-0.39, 0.29) is 25.1 Å². The van der Waals surface area contributed by atoms with Gasteiger partial charge in [-0.3, -0.25) is 9.59 Å². The third-order valence-corrected chi connectivity index (χ3v) is 3.84. The van der Waals surface area contributed by atoms with Crippen molar-refractivity contribution in [3.63, 3.8) is 0 Å². The maximum Gasteiger partial charge on any atom is 0.406 e. The summed E-state index contributed by atoms with van der Waals surface area (Å²) >= 11 is 0. The van der Waals surface area contributed by atoms with Gasteiger partial charge in [0.15, 0.2) is 0 Å². The number of likely N-dealkylation sites (tertiary alicyclic amines) is 1. The zero-order valence-corrected chi connectivity index (χ0v) is 13.2. The van der Waals surface area contributed by atoms with Gasteiger partial charge in [-0.1, -0.05) is 12.1 Å². The molecule has 1 aromatic carbocycles. The second-order valence-electron chi connectivity index (χ2n) is 5.84. The lowest BCUT2D eigenvalue weighted by Crippen LogP contribution is -2.37. The molecule has 2 amide bonds. The van der Waals surface area contributed by atoms with Crippen LogP contribution in [0.1, 0.15) is 22.3 Å². The molecule has 0 saturated carbocycles. The van der Waals surface area contributed by atoms with Gasteiger partial charge in [0.1, 0.15) is 6.54 Å². The van der Waals surface area contributed by atoms with E-state index in [0.717, 1.165) is 0 Å². The number of benzene rings is 1. The summed E-state index contributed by atoms with van der Waals surface area (Å²) in [4.78, 5) is 35.1. The fourth-order valence-corrected chi connectivity index (χ4v) is 2.65. The third-order valence-electron chi connectivity index (χ3n) is 3.84. The molecule has 0 spiro atoms. The largest absolute Gasteiger partial charge is 0.478 e. The first kappa shape index (κ1) is 18.8. The molecular weight excluding hydrogens is 341 g/mol. The van der Waals surface area contributed by atoms with Gasteiger partial charge in [0, 0.05) is 19.5 Å². The lowest BCUT2D eigenvalue weighted by atomic mass is 10.1. The quantitative estimate of drug-likeness (QED) is 0.806. The molecule has 25 heavy (non-hydrogen) atoms. The molecule has 1 aliphatic rings. The molecule has 1 heterocycles. The highest BCUT2D eigenvalue weighted by molar-refractivity contribution is 5.89. The number of alkyl halides is 3. The van der Waals surface area contributed by atoms with Gasteiger partial charge in [-0.2, -0.15) is 13.2 Å². The Morgan fingerprint density at radius 3 is 2.68 bits per heavy atom. The number of carboxylic acids is 1. The van der Waals surface area contributed by atoms with E-state index < -0.39 is 36.4 Å². The first-order valence-electron chi connectivity index (χ1n) is 7.60. The van der Waals surface area contributed by atoms with E-state index in [2.05, 4.69) is 5.32 Å². The molecular formula is C16H17F3N2O4. The van der Waals surface area contributed by atoms with E-state index in [1.807, 2.05) is 0 Å². The molecule has 2 N–H and O–H groups in total. The van der Waals surface area contributed by atoms with Crippen molar-refractivity contribution in [2.75, 3.05) is 19.6 Å². The molecule has 0 aromatic heterocycles. The van der Waals surface area contributed by atoms with Crippen LogP contribution in [0.15, 0.2) is 24.3 Å². The van der Waals surface area contributed by atoms with Crippen molar-refractivity contribution in [1.29, 1.82) is 0 Å². The predicted molar refractivity (Wildman–Crippen MR) is 80.9 cm³/mol. The Hall–Kier alpha value is -2.58. The van der Waals surface area contributed by atoms with Crippen molar-refractivity contribution >= 4 is 17.8 Å². The second-order valence-corrected chi connectivity index (χ2v) is 5.84. The van der Waals surface area contributed by atoms with Crippen LogP contribution in [0.25, 0.3) is 0 Å². The lowest BCUT2D eigenvalue weighted by molar-refractivity contribution is -0.157. The molecule has 0 bridgehead atoms. The normalized spacial score (nSPS) is 17.6. The van der Waals surface area contributed by atoms with Crippen LogP contribution in [-0.4, -0.2) is 53.6 Å². The summed E-state index contributed by atoms with van der Waals surface area (Å²) in [5, 5.41) is 11.5. The van der Waals surface area contributed by atoms with Crippen LogP contribution in [0.2, 0.25) is 0 Å². The molecule has 6 nitrogen and oxygen atoms in total. The average molecular weight is 358 g/mol. The van der Waals surface area contributed by atoms with E-state index >= 15 is 0 Å². The first-order chi connectivity index (χ1) is 11.7. The SMILES string of the molecule is O=C(O)c1cccc(CCNC(=O)C2CC(=O)N(CC(F)(F)F)C2)c1. The van der Waals surface area contributed by atoms with Gasteiger partial charge in [0.05, 0.1) is 11.5 Å². The number of rotatable bonds is 6. The number of hydrogen-bond acceptors (Lipinski definition) is 3. The van der Waals surface area contributed by atoms with Crippen LogP contribution in [-0.2, 0) is 16.0 Å². The highest BCUT2D eigenvalue weighted by Gasteiger charge is 2.40. The number of nitrogens with zero attached hydrogens (tertiary/aromatic N) is 1. The van der Waals surface area contributed by atoms with Gasteiger partial charge < -0.3 is 15.3 Å². The standard InChI is InChI=1S/C16H17F3N2O4/c17-16(18,19)9-21-8-12(7-13(21)22)14(23)20-5-4-10-2-1-3-11(6-10)15(24)25/h1-3,6,12H,4-5,7-9H2,(H,20,23)(H,24,25). The number of nitrogens with one attached hydrogen (secondary N) is 1. The topological polar surface area (TPSA) is 86.7 Å². The summed E-state index contributed by atoms with van der Waals surface area (Å²) in [5.41, 5.74) is 0.842. The summed E-state index contributed by atoms with van der Waals surface area (Å²) in [6, 6.07) is 6.23. The van der Waals surface area contributed by atoms with Crippen LogP contribution < -0.4 is 5.32 Å². The van der Waals surface area contributed by atoms with Gasteiger partial charge >= 0.3 is 12.1 Å². The Kier molecular flexibility index (Phi) is 5.66. The second kappa shape index (κ2) is 7.54. The van der Waals surface area contributed by atoms with Crippen LogP contribution in [0.5, 0.6) is 0 Å². The van der Waals surface area contributed by atoms with Gasteiger partial charge in [0.25, 0.3) is 0 Å². The number of carboxylic acid groups (broad SMARTS) is 1. The number of amides is 2. The zero-order valence-electron chi connectivity index (χ0n) is 13.2. The number of hydrogen-bond donors (Lipinski definition) is 2. The lowest BCUT2D eigenvalue weighted by Gasteiger charge is -2.18. The van der Waals surface area contributed by atoms with E-state index in [1.165, 1.54) is 12.1 Å². The van der Waals surface area contributed by atoms with Crippen LogP contribution >= 0.6 is 0 Å². The summed E-state index contributed by atoms with van der Waals surface area (Å²) in [6.45, 7) is -1.40. The highest BCUT2D eigenvalue weighted by atomic mass is 19.4. The van der Waals surface area contributed by atoms with Crippen molar-refractivity contribution < 1.29 is 32.7 Å². The Labute approximate surface area is 141 Å². The fraction of sp³-hybridized carbons (Fsp3) is 0.438. The Morgan fingerprint density at radius 2 is 2.04 bits per heavy atom. The van der Waals surface area contributed by atoms with Crippen molar-refractivity contribution in [1.82, 2.24) is 10.2 Å². The smallest absolute Gasteiger partial charge is 0.406 e. The van der Waals surface area contributed by atoms with Crippen molar-refractivity contribution in [2.24, 2.45) is 5.92 Å². The number of halogens is 3. The number of carbonyl (C=O) groups is 3. The molecule has 136 valence electrons. The monoisotopic (exact) mass is 358 g/mol. The number of aromatic carboxylic acids is 1. The van der Waals surface area contributed by atoms with Crippen LogP contribution in [0, 0.1) is 5.92 Å². The van der Waals surface area contributed by atoms with E-state index in [0.29, 0.717) is 16.9 Å². The minimum Gasteiger partial charge on any atom is -0.478 e. The predicted octanol–water partition coefficient (Wildman–Crippen LogP) is 1.45. The fourth-order valence-electron chi connectivity index (χ4n) is 2.65. The van der Waals surface area contributed by atoms with Crippen LogP contribution in [0.4, 0.5) is 13.2 Å². The summed E-state index contributed by atoms with van der Waals surface area (Å²) in [7, 11) is 0. The Balaban J connectivity index is 1.82. The van der Waals surface area contributed by atoms with Crippen molar-refractivity contribution in [3.8, 4) is 0 Å². The maximum absolute atomic E-state index is 12.4. The number of carbonyl (C=O) groups excluding carboxylic acids is 2. The maximum atomic E-state index is 12.4. The molecule has 1 aromatic rings. The first-order valence-corrected chi connectivity index (χ1v) is 7.60. The third kappa shape index (κ3) is 5.47. The molecule has 1 fully saturated rings. The minimum atomic E-state index is -4.49. The zero-order chi connectivity index (χ0) is 18.6. The minimum absolute atomic E-state index is 0.132. The van der Waals surface area contributed by atoms with Gasteiger partial charge in [-0.15, -0.1) is 0 Å². The molecule has 1 aliphatic heterocycles. The summed E-state index contributed by atoms with van der Waals surface area (Å²) in [6.07, 6.45) is -4.35. The molecule has 0 radical (unpaired) electrons. The highest BCUT2D eigenvalue weighted by Crippen LogP contribution is 2.23. The molecule has 1 saturated heterocycles. The van der Waals surface area contributed by atoms with E-state index in [4.69, 9.17) is 5.11 Å². The summed E-state index contributed by atoms with van der Waals surface area (Å²) < 4.78 is 37.1. The van der Waals surface area contributed by atoms with Gasteiger partial charge in [-0.05, 0) is 24.1 Å². The van der Waals surface area contributed by atoms with Gasteiger partial charge in [0.2, 0.25) is 11.8 Å². The average Bonchev–Trinajstić information content (AvgIpc) is 2.86.